The molecule has 135 heavy (non-hydrogen) atoms. The lowest BCUT2D eigenvalue weighted by Gasteiger charge is -2.37. The van der Waals surface area contributed by atoms with Crippen LogP contribution in [0, 0.1) is 5.92 Å². The monoisotopic (exact) mass is 1720 g/mol. The zero-order chi connectivity index (χ0) is 88.3. The molecule has 6 heteroatoms. The van der Waals surface area contributed by atoms with Crippen molar-refractivity contribution in [3.63, 3.8) is 0 Å². The molecule has 0 saturated heterocycles. The van der Waals surface area contributed by atoms with E-state index >= 15 is 0 Å². The van der Waals surface area contributed by atoms with Gasteiger partial charge in [-0.2, -0.15) is 0 Å². The SMILES string of the molecule is C1=CCC=C(N(c2ccc(-c3ccccc3-c3cccc4c3-c3ccccc3C43c4ccccc4-c4ccc(-c5c6oc7c(N(C8=CCC(c9ccccc9)C=C8)c8ccc(-c9ccccc9)cc8)cccc7c6cc6oc7ccccc7c56)cc43)cc2)c2ccc3c(c2)oc2c(C4=CC=C5c6ccccc6C6(c7ccccc7-c7ccccc76)C5C4)c4c(cc23)oc2ccccc24)C=C1. The third-order valence-electron chi connectivity index (χ3n) is 30.5. The Balaban J connectivity index is 0.552. The van der Waals surface area contributed by atoms with Gasteiger partial charge < -0.3 is 27.5 Å². The Morgan fingerprint density at radius 3 is 1.54 bits per heavy atom. The van der Waals surface area contributed by atoms with Crippen molar-refractivity contribution in [2.75, 3.05) is 9.80 Å². The van der Waals surface area contributed by atoms with Crippen molar-refractivity contribution in [2.45, 2.75) is 36.0 Å². The van der Waals surface area contributed by atoms with E-state index in [1.165, 1.54) is 106 Å². The van der Waals surface area contributed by atoms with Crippen LogP contribution in [0.2, 0.25) is 0 Å². The summed E-state index contributed by atoms with van der Waals surface area (Å²) in [5.41, 5.74) is 43.6. The van der Waals surface area contributed by atoms with Gasteiger partial charge in [0.2, 0.25) is 0 Å². The maximum Gasteiger partial charge on any atom is 0.159 e. The van der Waals surface area contributed by atoms with Crippen LogP contribution in [-0.2, 0) is 10.8 Å². The first-order valence-electron chi connectivity index (χ1n) is 47.2. The van der Waals surface area contributed by atoms with Crippen LogP contribution in [0.1, 0.15) is 80.8 Å². The van der Waals surface area contributed by atoms with E-state index < -0.39 is 10.8 Å². The number of benzene rings is 18. The summed E-state index contributed by atoms with van der Waals surface area (Å²) in [4.78, 5) is 4.78. The van der Waals surface area contributed by atoms with E-state index in [1.54, 1.807) is 0 Å². The number of hydrogen-bond acceptors (Lipinski definition) is 6. The molecule has 0 fully saturated rings. The first-order valence-corrected chi connectivity index (χ1v) is 47.2. The fraction of sp³-hybridized carbons (Fsp3) is 0.0543. The molecule has 4 aromatic heterocycles. The van der Waals surface area contributed by atoms with E-state index in [2.05, 4.69) is 459 Å². The van der Waals surface area contributed by atoms with Gasteiger partial charge in [0.1, 0.15) is 39.1 Å². The summed E-state index contributed by atoms with van der Waals surface area (Å²) in [7, 11) is 0. The van der Waals surface area contributed by atoms with Crippen LogP contribution in [0.25, 0.3) is 177 Å². The predicted molar refractivity (Wildman–Crippen MR) is 555 cm³/mol. The van der Waals surface area contributed by atoms with E-state index in [4.69, 9.17) is 17.7 Å². The first-order chi connectivity index (χ1) is 67.0. The highest BCUT2D eigenvalue weighted by Gasteiger charge is 2.57. The van der Waals surface area contributed by atoms with E-state index in [9.17, 15) is 0 Å². The van der Waals surface area contributed by atoms with Crippen LogP contribution in [0.4, 0.5) is 22.7 Å². The molecule has 0 radical (unpaired) electrons. The standard InChI is InChI=1S/C129H82N2O4/c1-2-10-34-85(33-9-1)130(89-69-72-98-104-76-118-123(102-42-18-25-53-115(102)132-118)120(126(104)134-117(98)75-89)83-61-70-96-94-39-15-22-48-108(94)128(112(96)73-83)106-46-20-13-37-92(106)93-38-14-21-47-107(93)128)86-67-59-82(60-68-86)90-35-11-12-36-91(90)99-44-27-51-111-122(99)101-41-17-24-50-110(101)129(111)109-49-23-16-40-95(109)97-71-62-84(74-113(97)129)121-124-103-43-19-26-54-116(103)133-119(124)77-105-100-45-28-52-114(125(100)135-127(105)121)131(87-63-55-80(56-64-87)78-29-5-3-6-30-78)88-65-57-81(58-66-88)79-31-7-4-8-32-79/h1-9,11-57,59-72,74-77,81,112H,10,58,73H2. The van der Waals surface area contributed by atoms with Gasteiger partial charge >= 0.3 is 0 Å². The average Bonchev–Trinajstić information content (AvgIpc) is 1.50. The minimum absolute atomic E-state index is 0.110. The average molecular weight is 1720 g/mol. The van der Waals surface area contributed by atoms with E-state index in [-0.39, 0.29) is 11.8 Å². The van der Waals surface area contributed by atoms with Gasteiger partial charge in [0.25, 0.3) is 0 Å². The Morgan fingerprint density at radius 2 is 0.822 bits per heavy atom. The number of hydrogen-bond donors (Lipinski definition) is 0. The number of fused-ring (bicyclic) bond motifs is 32. The van der Waals surface area contributed by atoms with Crippen molar-refractivity contribution in [1.29, 1.82) is 0 Å². The molecule has 3 atom stereocenters. The maximum absolute atomic E-state index is 7.81. The van der Waals surface area contributed by atoms with E-state index in [1.807, 2.05) is 0 Å². The number of allylic oxidation sites excluding steroid dienone is 12. The summed E-state index contributed by atoms with van der Waals surface area (Å²) >= 11 is 0. The van der Waals surface area contributed by atoms with Gasteiger partial charge in [-0.05, 0) is 238 Å². The molecule has 29 rings (SSSR count). The lowest BCUT2D eigenvalue weighted by Crippen LogP contribution is -2.33. The molecule has 0 bridgehead atoms. The fourth-order valence-electron chi connectivity index (χ4n) is 25.0. The zero-order valence-electron chi connectivity index (χ0n) is 73.5. The van der Waals surface area contributed by atoms with Gasteiger partial charge in [-0.1, -0.05) is 358 Å². The van der Waals surface area contributed by atoms with Crippen LogP contribution in [0.3, 0.4) is 0 Å². The summed E-state index contributed by atoms with van der Waals surface area (Å²) in [5, 5.41) is 8.26. The topological polar surface area (TPSA) is 59.0 Å². The van der Waals surface area contributed by atoms with Gasteiger partial charge in [0, 0.05) is 101 Å². The van der Waals surface area contributed by atoms with Crippen LogP contribution in [0.5, 0.6) is 0 Å². The maximum atomic E-state index is 7.81. The smallest absolute Gasteiger partial charge is 0.159 e. The molecule has 6 nitrogen and oxygen atoms in total. The highest BCUT2D eigenvalue weighted by atomic mass is 16.3. The van der Waals surface area contributed by atoms with Crippen molar-refractivity contribution in [3.05, 3.63) is 516 Å². The number of furan rings is 4. The normalized spacial score (nSPS) is 16.7. The summed E-state index contributed by atoms with van der Waals surface area (Å²) in [6, 6.07) is 144. The number of para-hydroxylation sites is 3. The van der Waals surface area contributed by atoms with Gasteiger partial charge in [-0.25, -0.2) is 0 Å². The number of nitrogens with zero attached hydrogens (tertiary/aromatic N) is 2. The van der Waals surface area contributed by atoms with Crippen molar-refractivity contribution in [2.24, 2.45) is 5.92 Å². The molecule has 4 heterocycles. The van der Waals surface area contributed by atoms with Gasteiger partial charge in [-0.15, -0.1) is 0 Å². The molecule has 0 amide bonds. The summed E-state index contributed by atoms with van der Waals surface area (Å²) < 4.78 is 29.4. The van der Waals surface area contributed by atoms with Gasteiger partial charge in [0.05, 0.1) is 16.5 Å². The zero-order valence-corrected chi connectivity index (χ0v) is 73.5. The second-order valence-corrected chi connectivity index (χ2v) is 37.2. The lowest BCUT2D eigenvalue weighted by atomic mass is 9.64. The quantitative estimate of drug-likeness (QED) is 0.121. The molecular formula is C129H82N2O4. The van der Waals surface area contributed by atoms with Crippen molar-refractivity contribution in [1.82, 2.24) is 0 Å². The van der Waals surface area contributed by atoms with Gasteiger partial charge in [0.15, 0.2) is 5.58 Å². The molecule has 3 unspecified atom stereocenters. The van der Waals surface area contributed by atoms with Crippen LogP contribution in [0.15, 0.2) is 478 Å². The third-order valence-corrected chi connectivity index (χ3v) is 30.5. The minimum atomic E-state index is -0.725. The molecule has 0 saturated carbocycles. The lowest BCUT2D eigenvalue weighted by molar-refractivity contribution is 0.500. The molecule has 22 aromatic rings. The molecule has 7 aliphatic carbocycles. The Morgan fingerprint density at radius 1 is 0.289 bits per heavy atom. The number of anilines is 4. The Kier molecular flexibility index (Phi) is 16.4. The predicted octanol–water partition coefficient (Wildman–Crippen LogP) is 34.4. The first kappa shape index (κ1) is 75.7. The molecule has 0 N–H and O–H groups in total. The van der Waals surface area contributed by atoms with E-state index in [0.29, 0.717) is 0 Å². The second-order valence-electron chi connectivity index (χ2n) is 37.2. The molecule has 18 aromatic carbocycles. The van der Waals surface area contributed by atoms with E-state index in [0.717, 1.165) is 180 Å². The fourth-order valence-corrected chi connectivity index (χ4v) is 25.0. The van der Waals surface area contributed by atoms with Crippen LogP contribution >= 0.6 is 0 Å². The highest BCUT2D eigenvalue weighted by Crippen LogP contribution is 2.69. The molecule has 7 aliphatic rings. The van der Waals surface area contributed by atoms with Crippen molar-refractivity contribution < 1.29 is 17.7 Å². The summed E-state index contributed by atoms with van der Waals surface area (Å²) in [5.74, 6) is 0.363. The number of rotatable bonds is 12. The molecule has 2 spiro atoms. The minimum Gasteiger partial charge on any atom is -0.456 e. The Bertz CT molecular complexity index is 9060. The molecule has 632 valence electrons. The van der Waals surface area contributed by atoms with Crippen molar-refractivity contribution in [3.8, 4) is 77.9 Å². The van der Waals surface area contributed by atoms with Crippen molar-refractivity contribution >= 4 is 122 Å². The Labute approximate surface area is 779 Å². The molecule has 0 aliphatic heterocycles. The molecular weight excluding hydrogens is 1640 g/mol. The van der Waals surface area contributed by atoms with Crippen LogP contribution in [-0.4, -0.2) is 0 Å². The van der Waals surface area contributed by atoms with Crippen LogP contribution < -0.4 is 9.80 Å². The van der Waals surface area contributed by atoms with Gasteiger partial charge in [-0.3, -0.25) is 0 Å². The largest absolute Gasteiger partial charge is 0.456 e. The highest BCUT2D eigenvalue weighted by molar-refractivity contribution is 6.26. The summed E-state index contributed by atoms with van der Waals surface area (Å²) in [6.45, 7) is 0. The third kappa shape index (κ3) is 10.9. The Hall–Kier alpha value is -17.1. The second kappa shape index (κ2) is 29.2. The summed E-state index contributed by atoms with van der Waals surface area (Å²) in [6.07, 6.45) is 25.4.